The van der Waals surface area contributed by atoms with Gasteiger partial charge >= 0.3 is 0 Å². The molecule has 0 saturated carbocycles. The van der Waals surface area contributed by atoms with Crippen LogP contribution in [-0.2, 0) is 14.2 Å². The lowest BCUT2D eigenvalue weighted by molar-refractivity contribution is -0.0318. The highest BCUT2D eigenvalue weighted by Gasteiger charge is 2.14. The third-order valence-corrected chi connectivity index (χ3v) is 3.43. The first-order chi connectivity index (χ1) is 9.36. The molecule has 0 unspecified atom stereocenters. The van der Waals surface area contributed by atoms with E-state index in [0.29, 0.717) is 12.1 Å². The van der Waals surface area contributed by atoms with Crippen LogP contribution in [0.3, 0.4) is 0 Å². The number of nitrogens with zero attached hydrogens (tertiary/aromatic N) is 2. The third kappa shape index (κ3) is 5.34. The molecule has 0 radical (unpaired) electrons. The smallest absolute Gasteiger partial charge is 0.191 e. The maximum Gasteiger partial charge on any atom is 0.191 e. The zero-order valence-corrected chi connectivity index (χ0v) is 11.6. The molecule has 0 atom stereocenters. The molecule has 6 heteroatoms. The minimum absolute atomic E-state index is 0.370. The van der Waals surface area contributed by atoms with Gasteiger partial charge in [-0.25, -0.2) is 0 Å². The maximum atomic E-state index is 5.94. The van der Waals surface area contributed by atoms with Crippen LogP contribution in [0.1, 0.15) is 19.3 Å². The van der Waals surface area contributed by atoms with Gasteiger partial charge in [0.15, 0.2) is 5.96 Å². The molecule has 2 N–H and O–H groups in total. The Balaban J connectivity index is 1.54. The lowest BCUT2D eigenvalue weighted by Crippen LogP contribution is -2.44. The quantitative estimate of drug-likeness (QED) is 0.440. The van der Waals surface area contributed by atoms with Crippen LogP contribution in [0.2, 0.25) is 0 Å². The van der Waals surface area contributed by atoms with E-state index in [9.17, 15) is 0 Å². The minimum atomic E-state index is 0.370. The molecule has 0 aliphatic carbocycles. The van der Waals surface area contributed by atoms with Crippen molar-refractivity contribution in [3.8, 4) is 0 Å². The zero-order valence-electron chi connectivity index (χ0n) is 11.6. The normalized spacial score (nSPS) is 22.7. The third-order valence-electron chi connectivity index (χ3n) is 3.43. The van der Waals surface area contributed by atoms with Crippen molar-refractivity contribution in [2.75, 3.05) is 52.7 Å². The van der Waals surface area contributed by atoms with E-state index in [2.05, 4.69) is 9.89 Å². The van der Waals surface area contributed by atoms with Gasteiger partial charge in [-0.1, -0.05) is 0 Å². The van der Waals surface area contributed by atoms with E-state index in [-0.39, 0.29) is 0 Å². The first kappa shape index (κ1) is 14.6. The summed E-state index contributed by atoms with van der Waals surface area (Å²) in [5.41, 5.74) is 5.94. The number of guanidine groups is 1. The summed E-state index contributed by atoms with van der Waals surface area (Å²) in [6, 6.07) is 0. The van der Waals surface area contributed by atoms with Gasteiger partial charge in [-0.3, -0.25) is 4.99 Å². The number of rotatable bonds is 5. The van der Waals surface area contributed by atoms with Crippen LogP contribution in [0.15, 0.2) is 4.99 Å². The van der Waals surface area contributed by atoms with Crippen molar-refractivity contribution < 1.29 is 14.2 Å². The van der Waals surface area contributed by atoms with Crippen LogP contribution in [0.4, 0.5) is 0 Å². The van der Waals surface area contributed by atoms with Gasteiger partial charge in [0, 0.05) is 39.5 Å². The maximum absolute atomic E-state index is 5.94. The fraction of sp³-hybridized carbons (Fsp3) is 0.923. The highest BCUT2D eigenvalue weighted by molar-refractivity contribution is 5.78. The number of ether oxygens (including phenoxy) is 3. The fourth-order valence-corrected chi connectivity index (χ4v) is 2.24. The molecule has 2 rings (SSSR count). The molecule has 2 aliphatic heterocycles. The summed E-state index contributed by atoms with van der Waals surface area (Å²) in [6.07, 6.45) is 3.31. The Bertz CT molecular complexity index is 274. The molecular formula is C13H25N3O3. The summed E-state index contributed by atoms with van der Waals surface area (Å²) < 4.78 is 16.4. The van der Waals surface area contributed by atoms with Gasteiger partial charge in [0.25, 0.3) is 0 Å². The lowest BCUT2D eigenvalue weighted by Gasteiger charge is -2.27. The number of morpholine rings is 1. The van der Waals surface area contributed by atoms with Crippen LogP contribution in [0, 0.1) is 0 Å². The standard InChI is InChI=1S/C13H25N3O3/c14-13(16-5-10-18-11-6-16)15-4-1-7-19-12-2-8-17-9-3-12/h12H,1-11H2,(H2,14,15). The number of nitrogens with two attached hydrogens (primary N) is 1. The molecule has 2 heterocycles. The van der Waals surface area contributed by atoms with Gasteiger partial charge < -0.3 is 24.8 Å². The predicted molar refractivity (Wildman–Crippen MR) is 73.3 cm³/mol. The Kier molecular flexibility index (Phi) is 6.39. The van der Waals surface area contributed by atoms with Crippen molar-refractivity contribution in [3.63, 3.8) is 0 Å². The van der Waals surface area contributed by atoms with Crippen molar-refractivity contribution in [2.24, 2.45) is 10.7 Å². The summed E-state index contributed by atoms with van der Waals surface area (Å²) in [5.74, 6) is 0.634. The van der Waals surface area contributed by atoms with Crippen molar-refractivity contribution >= 4 is 5.96 Å². The van der Waals surface area contributed by atoms with Gasteiger partial charge in [-0.2, -0.15) is 0 Å². The summed E-state index contributed by atoms with van der Waals surface area (Å²) in [4.78, 5) is 6.46. The zero-order chi connectivity index (χ0) is 13.3. The largest absolute Gasteiger partial charge is 0.381 e. The first-order valence-corrected chi connectivity index (χ1v) is 7.18. The van der Waals surface area contributed by atoms with Gasteiger partial charge in [0.05, 0.1) is 19.3 Å². The van der Waals surface area contributed by atoms with E-state index >= 15 is 0 Å². The summed E-state index contributed by atoms with van der Waals surface area (Å²) in [6.45, 7) is 6.30. The second kappa shape index (κ2) is 8.35. The van der Waals surface area contributed by atoms with Gasteiger partial charge in [0.1, 0.15) is 0 Å². The molecule has 110 valence electrons. The average molecular weight is 271 g/mol. The van der Waals surface area contributed by atoms with Crippen LogP contribution >= 0.6 is 0 Å². The van der Waals surface area contributed by atoms with Crippen molar-refractivity contribution in [1.82, 2.24) is 4.90 Å². The van der Waals surface area contributed by atoms with Gasteiger partial charge in [-0.15, -0.1) is 0 Å². The van der Waals surface area contributed by atoms with E-state index in [1.54, 1.807) is 0 Å². The summed E-state index contributed by atoms with van der Waals surface area (Å²) in [5, 5.41) is 0. The van der Waals surface area contributed by atoms with Gasteiger partial charge in [0.2, 0.25) is 0 Å². The monoisotopic (exact) mass is 271 g/mol. The van der Waals surface area contributed by atoms with Crippen molar-refractivity contribution in [2.45, 2.75) is 25.4 Å². The van der Waals surface area contributed by atoms with E-state index in [1.165, 1.54) is 0 Å². The molecule has 0 aromatic rings. The molecule has 0 bridgehead atoms. The average Bonchev–Trinajstić information content (AvgIpc) is 2.49. The molecule has 2 aliphatic rings. The Morgan fingerprint density at radius 3 is 2.58 bits per heavy atom. The molecule has 2 saturated heterocycles. The molecule has 2 fully saturated rings. The molecular weight excluding hydrogens is 246 g/mol. The number of hydrogen-bond donors (Lipinski definition) is 1. The highest BCUT2D eigenvalue weighted by atomic mass is 16.5. The molecule has 0 amide bonds. The van der Waals surface area contributed by atoms with Crippen LogP contribution in [0.25, 0.3) is 0 Å². The van der Waals surface area contributed by atoms with Gasteiger partial charge in [-0.05, 0) is 19.3 Å². The second-order valence-electron chi connectivity index (χ2n) is 4.88. The Morgan fingerprint density at radius 1 is 1.16 bits per heavy atom. The van der Waals surface area contributed by atoms with Crippen LogP contribution < -0.4 is 5.73 Å². The number of aliphatic imine (C=N–C) groups is 1. The SMILES string of the molecule is NC(=NCCCOC1CCOCC1)N1CCOCC1. The molecule has 19 heavy (non-hydrogen) atoms. The Labute approximate surface area is 114 Å². The lowest BCUT2D eigenvalue weighted by atomic mass is 10.1. The first-order valence-electron chi connectivity index (χ1n) is 7.18. The number of hydrogen-bond acceptors (Lipinski definition) is 4. The van der Waals surface area contributed by atoms with E-state index < -0.39 is 0 Å². The fourth-order valence-electron chi connectivity index (χ4n) is 2.24. The molecule has 0 aromatic carbocycles. The van der Waals surface area contributed by atoms with E-state index in [1.807, 2.05) is 0 Å². The van der Waals surface area contributed by atoms with Crippen molar-refractivity contribution in [1.29, 1.82) is 0 Å². The second-order valence-corrected chi connectivity index (χ2v) is 4.88. The van der Waals surface area contributed by atoms with E-state index in [0.717, 1.165) is 71.9 Å². The molecule has 0 aromatic heterocycles. The molecule has 6 nitrogen and oxygen atoms in total. The topological polar surface area (TPSA) is 69.3 Å². The molecule has 0 spiro atoms. The summed E-state index contributed by atoms with van der Waals surface area (Å²) >= 11 is 0. The predicted octanol–water partition coefficient (Wildman–Crippen LogP) is 0.219. The summed E-state index contributed by atoms with van der Waals surface area (Å²) in [7, 11) is 0. The highest BCUT2D eigenvalue weighted by Crippen LogP contribution is 2.10. The minimum Gasteiger partial charge on any atom is -0.381 e. The Morgan fingerprint density at radius 2 is 1.84 bits per heavy atom. The Hall–Kier alpha value is -0.850. The van der Waals surface area contributed by atoms with Crippen LogP contribution in [0.5, 0.6) is 0 Å². The van der Waals surface area contributed by atoms with Crippen molar-refractivity contribution in [3.05, 3.63) is 0 Å². The van der Waals surface area contributed by atoms with E-state index in [4.69, 9.17) is 19.9 Å². The van der Waals surface area contributed by atoms with Crippen LogP contribution in [-0.4, -0.2) is 69.6 Å².